The highest BCUT2D eigenvalue weighted by atomic mass is 16.1. The number of carbonyl (C=O) groups is 1. The van der Waals surface area contributed by atoms with Crippen molar-refractivity contribution >= 4 is 16.8 Å². The van der Waals surface area contributed by atoms with Gasteiger partial charge in [0, 0.05) is 16.9 Å². The van der Waals surface area contributed by atoms with Crippen molar-refractivity contribution in [3.05, 3.63) is 35.5 Å². The zero-order valence-electron chi connectivity index (χ0n) is 13.1. The molecule has 0 bridgehead atoms. The molecule has 0 saturated heterocycles. The number of nitrogens with one attached hydrogen (secondary N) is 2. The van der Waals surface area contributed by atoms with E-state index in [-0.39, 0.29) is 5.91 Å². The number of carbonyl (C=O) groups excluding carboxylic acids is 1. The zero-order valence-corrected chi connectivity index (χ0v) is 13.1. The quantitative estimate of drug-likeness (QED) is 0.859. The van der Waals surface area contributed by atoms with Crippen molar-refractivity contribution in [1.29, 1.82) is 0 Å². The number of hydrogen-bond donors (Lipinski definition) is 2. The van der Waals surface area contributed by atoms with Gasteiger partial charge in [0.05, 0.1) is 0 Å². The van der Waals surface area contributed by atoms with Gasteiger partial charge in [0.1, 0.15) is 5.69 Å². The third kappa shape index (κ3) is 2.82. The summed E-state index contributed by atoms with van der Waals surface area (Å²) in [5.41, 5.74) is 2.90. The molecular formula is C18H24N2O. The number of benzene rings is 1. The first-order valence-electron chi connectivity index (χ1n) is 7.95. The van der Waals surface area contributed by atoms with Crippen LogP contribution in [0, 0.1) is 18.8 Å². The summed E-state index contributed by atoms with van der Waals surface area (Å²) in [6.07, 6.45) is 3.58. The van der Waals surface area contributed by atoms with E-state index in [0.29, 0.717) is 23.6 Å². The lowest BCUT2D eigenvalue weighted by Gasteiger charge is -2.34. The summed E-state index contributed by atoms with van der Waals surface area (Å²) < 4.78 is 0. The predicted molar refractivity (Wildman–Crippen MR) is 86.5 cm³/mol. The second-order valence-electron chi connectivity index (χ2n) is 6.62. The Labute approximate surface area is 126 Å². The van der Waals surface area contributed by atoms with Crippen LogP contribution in [0.15, 0.2) is 24.3 Å². The molecule has 2 aromatic rings. The van der Waals surface area contributed by atoms with E-state index in [9.17, 15) is 4.79 Å². The number of aromatic nitrogens is 1. The maximum Gasteiger partial charge on any atom is 0.267 e. The summed E-state index contributed by atoms with van der Waals surface area (Å²) >= 11 is 0. The molecule has 0 radical (unpaired) electrons. The molecule has 1 saturated carbocycles. The standard InChI is InChI=1S/C18H24N2O/c1-11-7-8-16-14(9-11)10-17(19-16)18(21)20-15-6-4-5-12(2)13(15)3/h7-10,12-13,15,19H,4-6H2,1-3H3,(H,20,21). The topological polar surface area (TPSA) is 44.9 Å². The van der Waals surface area contributed by atoms with Gasteiger partial charge < -0.3 is 10.3 Å². The third-order valence-corrected chi connectivity index (χ3v) is 5.04. The lowest BCUT2D eigenvalue weighted by molar-refractivity contribution is 0.0887. The molecule has 3 nitrogen and oxygen atoms in total. The minimum Gasteiger partial charge on any atom is -0.351 e. The van der Waals surface area contributed by atoms with Crippen LogP contribution in [0.5, 0.6) is 0 Å². The molecule has 21 heavy (non-hydrogen) atoms. The van der Waals surface area contributed by atoms with Gasteiger partial charge >= 0.3 is 0 Å². The van der Waals surface area contributed by atoms with Crippen LogP contribution in [0.2, 0.25) is 0 Å². The van der Waals surface area contributed by atoms with E-state index in [1.807, 2.05) is 12.1 Å². The van der Waals surface area contributed by atoms with Gasteiger partial charge in [-0.05, 0) is 43.4 Å². The van der Waals surface area contributed by atoms with E-state index in [4.69, 9.17) is 0 Å². The van der Waals surface area contributed by atoms with E-state index in [1.54, 1.807) is 0 Å². The van der Waals surface area contributed by atoms with E-state index < -0.39 is 0 Å². The molecule has 3 heteroatoms. The van der Waals surface area contributed by atoms with E-state index >= 15 is 0 Å². The molecule has 3 rings (SSSR count). The molecule has 112 valence electrons. The summed E-state index contributed by atoms with van der Waals surface area (Å²) in [6, 6.07) is 8.45. The molecule has 0 aliphatic heterocycles. The number of hydrogen-bond acceptors (Lipinski definition) is 1. The van der Waals surface area contributed by atoms with E-state index in [1.165, 1.54) is 18.4 Å². The van der Waals surface area contributed by atoms with Crippen molar-refractivity contribution < 1.29 is 4.79 Å². The van der Waals surface area contributed by atoms with Crippen molar-refractivity contribution in [2.75, 3.05) is 0 Å². The van der Waals surface area contributed by atoms with Gasteiger partial charge in [-0.1, -0.05) is 38.3 Å². The van der Waals surface area contributed by atoms with Crippen LogP contribution in [0.3, 0.4) is 0 Å². The first kappa shape index (κ1) is 14.2. The molecule has 1 heterocycles. The molecule has 3 unspecified atom stereocenters. The molecule has 1 aliphatic rings. The molecule has 3 atom stereocenters. The van der Waals surface area contributed by atoms with Gasteiger partial charge in [-0.2, -0.15) is 0 Å². The van der Waals surface area contributed by atoms with E-state index in [0.717, 1.165) is 17.3 Å². The Morgan fingerprint density at radius 3 is 2.86 bits per heavy atom. The third-order valence-electron chi connectivity index (χ3n) is 5.04. The monoisotopic (exact) mass is 284 g/mol. The average molecular weight is 284 g/mol. The van der Waals surface area contributed by atoms with Crippen LogP contribution < -0.4 is 5.32 Å². The molecule has 1 aliphatic carbocycles. The molecule has 2 N–H and O–H groups in total. The number of H-pyrrole nitrogens is 1. The summed E-state index contributed by atoms with van der Waals surface area (Å²) in [5, 5.41) is 4.32. The zero-order chi connectivity index (χ0) is 15.0. The summed E-state index contributed by atoms with van der Waals surface area (Å²) in [7, 11) is 0. The summed E-state index contributed by atoms with van der Waals surface area (Å²) in [4.78, 5) is 15.7. The fourth-order valence-corrected chi connectivity index (χ4v) is 3.41. The number of fused-ring (bicyclic) bond motifs is 1. The predicted octanol–water partition coefficient (Wildman–Crippen LogP) is 4.03. The minimum atomic E-state index is 0.0230. The van der Waals surface area contributed by atoms with Crippen LogP contribution in [-0.4, -0.2) is 16.9 Å². The van der Waals surface area contributed by atoms with Crippen molar-refractivity contribution in [2.45, 2.75) is 46.1 Å². The Hall–Kier alpha value is -1.77. The first-order valence-corrected chi connectivity index (χ1v) is 7.95. The Balaban J connectivity index is 1.77. The highest BCUT2D eigenvalue weighted by Crippen LogP contribution is 2.29. The van der Waals surface area contributed by atoms with Gasteiger partial charge in [0.2, 0.25) is 0 Å². The van der Waals surface area contributed by atoms with Gasteiger partial charge in [0.15, 0.2) is 0 Å². The molecule has 1 aromatic heterocycles. The second-order valence-corrected chi connectivity index (χ2v) is 6.62. The highest BCUT2D eigenvalue weighted by molar-refractivity contribution is 5.98. The van der Waals surface area contributed by atoms with Crippen LogP contribution in [0.4, 0.5) is 0 Å². The summed E-state index contributed by atoms with van der Waals surface area (Å²) in [6.45, 7) is 6.61. The van der Waals surface area contributed by atoms with Gasteiger partial charge in [-0.3, -0.25) is 4.79 Å². The number of aryl methyl sites for hydroxylation is 1. The Kier molecular flexibility index (Phi) is 3.75. The number of rotatable bonds is 2. The largest absolute Gasteiger partial charge is 0.351 e. The highest BCUT2D eigenvalue weighted by Gasteiger charge is 2.28. The van der Waals surface area contributed by atoms with Gasteiger partial charge in [0.25, 0.3) is 5.91 Å². The fourth-order valence-electron chi connectivity index (χ4n) is 3.41. The maximum atomic E-state index is 12.5. The van der Waals surface area contributed by atoms with Crippen molar-refractivity contribution in [3.63, 3.8) is 0 Å². The Morgan fingerprint density at radius 1 is 1.24 bits per heavy atom. The van der Waals surface area contributed by atoms with Gasteiger partial charge in [-0.25, -0.2) is 0 Å². The first-order chi connectivity index (χ1) is 10.0. The summed E-state index contributed by atoms with van der Waals surface area (Å²) in [5.74, 6) is 1.26. The van der Waals surface area contributed by atoms with Crippen LogP contribution in [0.1, 0.15) is 49.2 Å². The lowest BCUT2D eigenvalue weighted by Crippen LogP contribution is -2.43. The molecular weight excluding hydrogens is 260 g/mol. The Bertz CT molecular complexity index is 658. The minimum absolute atomic E-state index is 0.0230. The average Bonchev–Trinajstić information content (AvgIpc) is 2.87. The lowest BCUT2D eigenvalue weighted by atomic mass is 9.78. The smallest absolute Gasteiger partial charge is 0.267 e. The molecule has 0 spiro atoms. The molecule has 1 aromatic carbocycles. The van der Waals surface area contributed by atoms with E-state index in [2.05, 4.69) is 43.2 Å². The normalized spacial score (nSPS) is 26.0. The van der Waals surface area contributed by atoms with Crippen LogP contribution >= 0.6 is 0 Å². The molecule has 1 fully saturated rings. The van der Waals surface area contributed by atoms with Gasteiger partial charge in [-0.15, -0.1) is 0 Å². The maximum absolute atomic E-state index is 12.5. The Morgan fingerprint density at radius 2 is 2.05 bits per heavy atom. The fraction of sp³-hybridized carbons (Fsp3) is 0.500. The molecule has 1 amide bonds. The second kappa shape index (κ2) is 5.55. The van der Waals surface area contributed by atoms with Crippen molar-refractivity contribution in [2.24, 2.45) is 11.8 Å². The number of amides is 1. The SMILES string of the molecule is Cc1ccc2[nH]c(C(=O)NC3CCCC(C)C3C)cc2c1. The van der Waals surface area contributed by atoms with Crippen LogP contribution in [0.25, 0.3) is 10.9 Å². The van der Waals surface area contributed by atoms with Crippen molar-refractivity contribution in [3.8, 4) is 0 Å². The van der Waals surface area contributed by atoms with Crippen molar-refractivity contribution in [1.82, 2.24) is 10.3 Å². The number of aromatic amines is 1. The van der Waals surface area contributed by atoms with Crippen LogP contribution in [-0.2, 0) is 0 Å².